The van der Waals surface area contributed by atoms with Crippen LogP contribution in [0.2, 0.25) is 0 Å². The van der Waals surface area contributed by atoms with Gasteiger partial charge in [-0.1, -0.05) is 12.2 Å². The first-order chi connectivity index (χ1) is 7.75. The molecule has 2 bridgehead atoms. The fraction of sp³-hybridized carbons (Fsp3) is 0.714. The Morgan fingerprint density at radius 1 is 1.44 bits per heavy atom. The van der Waals surface area contributed by atoms with Gasteiger partial charge in [-0.15, -0.1) is 0 Å². The highest BCUT2D eigenvalue weighted by Gasteiger charge is 2.38. The molecule has 2 aliphatic heterocycles. The van der Waals surface area contributed by atoms with Gasteiger partial charge in [-0.3, -0.25) is 4.90 Å². The van der Waals surface area contributed by atoms with E-state index in [1.54, 1.807) is 0 Å². The fourth-order valence-electron chi connectivity index (χ4n) is 3.27. The van der Waals surface area contributed by atoms with Crippen LogP contribution in [-0.4, -0.2) is 29.6 Å². The average molecular weight is 219 g/mol. The van der Waals surface area contributed by atoms with E-state index in [0.717, 1.165) is 12.8 Å². The molecule has 3 aliphatic rings. The summed E-state index contributed by atoms with van der Waals surface area (Å²) < 4.78 is 6.09. The van der Waals surface area contributed by atoms with E-state index in [0.29, 0.717) is 18.2 Å². The maximum absolute atomic E-state index is 6.09. The second kappa shape index (κ2) is 3.92. The van der Waals surface area contributed by atoms with Crippen LogP contribution in [0.4, 0.5) is 0 Å². The number of rotatable bonds is 1. The van der Waals surface area contributed by atoms with E-state index in [2.05, 4.69) is 30.9 Å². The molecular formula is C14H21NO. The minimum atomic E-state index is 0.491. The fourth-order valence-corrected chi connectivity index (χ4v) is 3.27. The average Bonchev–Trinajstić information content (AvgIpc) is 2.29. The van der Waals surface area contributed by atoms with E-state index in [1.165, 1.54) is 30.7 Å². The van der Waals surface area contributed by atoms with Gasteiger partial charge >= 0.3 is 0 Å². The summed E-state index contributed by atoms with van der Waals surface area (Å²) >= 11 is 0. The molecule has 0 radical (unpaired) electrons. The van der Waals surface area contributed by atoms with Crippen LogP contribution in [0.1, 0.15) is 39.5 Å². The third-order valence-corrected chi connectivity index (χ3v) is 4.08. The predicted molar refractivity (Wildman–Crippen MR) is 65.1 cm³/mol. The normalized spacial score (nSPS) is 33.9. The second-order valence-corrected chi connectivity index (χ2v) is 5.43. The van der Waals surface area contributed by atoms with Gasteiger partial charge in [-0.05, 0) is 26.7 Å². The molecule has 0 spiro atoms. The summed E-state index contributed by atoms with van der Waals surface area (Å²) in [4.78, 5) is 2.64. The molecule has 1 unspecified atom stereocenters. The van der Waals surface area contributed by atoms with Crippen molar-refractivity contribution in [2.24, 2.45) is 0 Å². The van der Waals surface area contributed by atoms with Crippen LogP contribution in [0.3, 0.4) is 0 Å². The molecule has 88 valence electrons. The molecule has 0 aromatic rings. The van der Waals surface area contributed by atoms with Crippen LogP contribution in [0.15, 0.2) is 23.5 Å². The van der Waals surface area contributed by atoms with Crippen molar-refractivity contribution < 1.29 is 4.74 Å². The number of hydrogen-bond acceptors (Lipinski definition) is 2. The van der Waals surface area contributed by atoms with Crippen molar-refractivity contribution in [1.82, 2.24) is 4.90 Å². The van der Waals surface area contributed by atoms with Crippen molar-refractivity contribution >= 4 is 0 Å². The summed E-state index contributed by atoms with van der Waals surface area (Å²) in [6, 6.07) is 1.27. The van der Waals surface area contributed by atoms with E-state index in [1.807, 2.05) is 0 Å². The summed E-state index contributed by atoms with van der Waals surface area (Å²) in [6.07, 6.45) is 9.77. The molecule has 16 heavy (non-hydrogen) atoms. The number of ether oxygens (including phenoxy) is 1. The van der Waals surface area contributed by atoms with Crippen LogP contribution in [0, 0.1) is 0 Å². The van der Waals surface area contributed by atoms with Crippen molar-refractivity contribution in [3.05, 3.63) is 23.5 Å². The minimum Gasteiger partial charge on any atom is -0.494 e. The van der Waals surface area contributed by atoms with Crippen LogP contribution in [0.5, 0.6) is 0 Å². The molecule has 0 saturated carbocycles. The van der Waals surface area contributed by atoms with Gasteiger partial charge in [0.15, 0.2) is 0 Å². The van der Waals surface area contributed by atoms with Crippen molar-refractivity contribution in [3.63, 3.8) is 0 Å². The van der Waals surface area contributed by atoms with E-state index in [-0.39, 0.29) is 0 Å². The van der Waals surface area contributed by atoms with Gasteiger partial charge in [-0.2, -0.15) is 0 Å². The minimum absolute atomic E-state index is 0.491. The van der Waals surface area contributed by atoms with Crippen LogP contribution >= 0.6 is 0 Å². The Hall–Kier alpha value is -0.760. The SMILES string of the molecule is CC(C)N1CC[C@H]2CC1C1=C(CCC=C1)O2. The van der Waals surface area contributed by atoms with Crippen molar-refractivity contribution in [2.45, 2.75) is 57.7 Å². The molecule has 0 aromatic carbocycles. The number of likely N-dealkylation sites (tertiary alicyclic amines) is 1. The van der Waals surface area contributed by atoms with E-state index < -0.39 is 0 Å². The molecule has 2 heteroatoms. The Labute approximate surface area is 98.0 Å². The number of allylic oxidation sites excluding steroid dienone is 2. The van der Waals surface area contributed by atoms with Gasteiger partial charge in [0.25, 0.3) is 0 Å². The lowest BCUT2D eigenvalue weighted by molar-refractivity contribution is -0.00976. The van der Waals surface area contributed by atoms with Gasteiger partial charge in [0.2, 0.25) is 0 Å². The monoisotopic (exact) mass is 219 g/mol. The Bertz CT molecular complexity index is 343. The quantitative estimate of drug-likeness (QED) is 0.672. The third kappa shape index (κ3) is 1.60. The Morgan fingerprint density at radius 3 is 3.12 bits per heavy atom. The molecule has 0 aromatic heterocycles. The van der Waals surface area contributed by atoms with Gasteiger partial charge in [0, 0.05) is 37.0 Å². The highest BCUT2D eigenvalue weighted by molar-refractivity contribution is 5.34. The van der Waals surface area contributed by atoms with Crippen molar-refractivity contribution in [1.29, 1.82) is 0 Å². The lowest BCUT2D eigenvalue weighted by atomic mass is 9.86. The molecule has 0 N–H and O–H groups in total. The van der Waals surface area contributed by atoms with Crippen LogP contribution in [0.25, 0.3) is 0 Å². The lowest BCUT2D eigenvalue weighted by Crippen LogP contribution is -2.51. The highest BCUT2D eigenvalue weighted by Crippen LogP contribution is 2.38. The maximum atomic E-state index is 6.09. The summed E-state index contributed by atoms with van der Waals surface area (Å²) in [6.45, 7) is 5.81. The van der Waals surface area contributed by atoms with E-state index in [9.17, 15) is 0 Å². The molecule has 2 heterocycles. The van der Waals surface area contributed by atoms with Crippen molar-refractivity contribution in [3.8, 4) is 0 Å². The number of fused-ring (bicyclic) bond motifs is 3. The first-order valence-electron chi connectivity index (χ1n) is 6.57. The molecule has 1 aliphatic carbocycles. The Balaban J connectivity index is 1.94. The lowest BCUT2D eigenvalue weighted by Gasteiger charge is -2.47. The smallest absolute Gasteiger partial charge is 0.101 e. The van der Waals surface area contributed by atoms with Crippen LogP contribution in [-0.2, 0) is 4.74 Å². The molecule has 1 fully saturated rings. The molecule has 1 saturated heterocycles. The zero-order valence-electron chi connectivity index (χ0n) is 10.3. The van der Waals surface area contributed by atoms with Gasteiger partial charge in [-0.25, -0.2) is 0 Å². The zero-order chi connectivity index (χ0) is 11.1. The number of nitrogens with zero attached hydrogens (tertiary/aromatic N) is 1. The zero-order valence-corrected chi connectivity index (χ0v) is 10.3. The summed E-state index contributed by atoms with van der Waals surface area (Å²) in [5, 5.41) is 0. The van der Waals surface area contributed by atoms with Gasteiger partial charge in [0.05, 0.1) is 0 Å². The molecule has 2 atom stereocenters. The van der Waals surface area contributed by atoms with Gasteiger partial charge < -0.3 is 4.74 Å². The molecule has 2 nitrogen and oxygen atoms in total. The highest BCUT2D eigenvalue weighted by atomic mass is 16.5. The topological polar surface area (TPSA) is 12.5 Å². The number of piperidine rings is 1. The van der Waals surface area contributed by atoms with E-state index in [4.69, 9.17) is 4.74 Å². The third-order valence-electron chi connectivity index (χ3n) is 4.08. The number of hydrogen-bond donors (Lipinski definition) is 0. The summed E-state index contributed by atoms with van der Waals surface area (Å²) in [7, 11) is 0. The summed E-state index contributed by atoms with van der Waals surface area (Å²) in [5.74, 6) is 1.29. The molecular weight excluding hydrogens is 198 g/mol. The second-order valence-electron chi connectivity index (χ2n) is 5.43. The standard InChI is InChI=1S/C14H21NO/c1-10(2)15-8-7-11-9-13(15)12-5-3-4-6-14(12)16-11/h3,5,10-11,13H,4,6-9H2,1-2H3/t11-,13?/m0/s1. The molecule has 0 amide bonds. The summed E-state index contributed by atoms with van der Waals surface area (Å²) in [5.41, 5.74) is 1.47. The van der Waals surface area contributed by atoms with Crippen LogP contribution < -0.4 is 0 Å². The van der Waals surface area contributed by atoms with Crippen molar-refractivity contribution in [2.75, 3.05) is 6.54 Å². The Morgan fingerprint density at radius 2 is 2.31 bits per heavy atom. The van der Waals surface area contributed by atoms with E-state index >= 15 is 0 Å². The molecule has 3 rings (SSSR count). The predicted octanol–water partition coefficient (Wildman–Crippen LogP) is 2.86. The Kier molecular flexibility index (Phi) is 2.55. The largest absolute Gasteiger partial charge is 0.494 e. The first kappa shape index (κ1) is 10.4. The first-order valence-corrected chi connectivity index (χ1v) is 6.57. The maximum Gasteiger partial charge on any atom is 0.101 e. The van der Waals surface area contributed by atoms with Gasteiger partial charge in [0.1, 0.15) is 11.9 Å².